The molecule has 0 N–H and O–H groups in total. The fourth-order valence-electron chi connectivity index (χ4n) is 4.81. The minimum atomic E-state index is -3.71. The molecule has 0 aliphatic rings. The van der Waals surface area contributed by atoms with Crippen LogP contribution in [0.5, 0.6) is 0 Å². The Morgan fingerprint density at radius 1 is 0.366 bits per heavy atom. The minimum absolute atomic E-state index is 0.410. The van der Waals surface area contributed by atoms with Gasteiger partial charge in [-0.2, -0.15) is 0 Å². The zero-order chi connectivity index (χ0) is 29.0. The average molecular weight is 605 g/mol. The first-order valence-corrected chi connectivity index (χ1v) is 19.5. The fourth-order valence-corrected chi connectivity index (χ4v) is 17.3. The van der Waals surface area contributed by atoms with E-state index in [1.54, 1.807) is 0 Å². The van der Waals surface area contributed by atoms with Gasteiger partial charge in [0.15, 0.2) is 0 Å². The lowest BCUT2D eigenvalue weighted by Crippen LogP contribution is -2.77. The van der Waals surface area contributed by atoms with Gasteiger partial charge in [0.05, 0.1) is 0 Å². The molecular weight excluding hydrogens is 565 g/mol. The molecule has 0 heterocycles. The third-order valence-electron chi connectivity index (χ3n) is 6.46. The van der Waals surface area contributed by atoms with E-state index in [2.05, 4.69) is 24.3 Å². The van der Waals surface area contributed by atoms with Crippen LogP contribution in [0.2, 0.25) is 0 Å². The molecule has 0 amide bonds. The van der Waals surface area contributed by atoms with E-state index in [0.717, 1.165) is 20.7 Å². The van der Waals surface area contributed by atoms with Crippen molar-refractivity contribution in [3.8, 4) is 0 Å². The van der Waals surface area contributed by atoms with Gasteiger partial charge in [-0.3, -0.25) is 0 Å². The van der Waals surface area contributed by atoms with Crippen molar-refractivity contribution in [3.05, 3.63) is 121 Å². The second-order valence-electron chi connectivity index (χ2n) is 9.13. The van der Waals surface area contributed by atoms with Crippen molar-refractivity contribution in [3.63, 3.8) is 0 Å². The maximum Gasteiger partial charge on any atom is 0.528 e. The van der Waals surface area contributed by atoms with E-state index in [1.807, 2.05) is 125 Å². The first kappa shape index (κ1) is 31.2. The summed E-state index contributed by atoms with van der Waals surface area (Å²) in [5.74, 6) is 0. The van der Waals surface area contributed by atoms with E-state index in [1.165, 1.54) is 0 Å². The Labute approximate surface area is 247 Å². The van der Waals surface area contributed by atoms with Crippen LogP contribution in [-0.4, -0.2) is 52.6 Å². The van der Waals surface area contributed by atoms with E-state index in [9.17, 15) is 0 Å². The quantitative estimate of drug-likeness (QED) is 0.180. The Bertz CT molecular complexity index is 1180. The molecule has 4 aromatic carbocycles. The molecule has 0 saturated carbocycles. The van der Waals surface area contributed by atoms with Crippen LogP contribution in [0, 0.1) is 0 Å². The highest BCUT2D eigenvalue weighted by Gasteiger charge is 2.61. The maximum absolute atomic E-state index is 7.52. The summed E-state index contributed by atoms with van der Waals surface area (Å²) >= 11 is 0. The molecule has 0 saturated heterocycles. The van der Waals surface area contributed by atoms with Gasteiger partial charge in [-0.1, -0.05) is 121 Å². The SMILES string of the molecule is CCO[Si](OCC)(O[Si](O[Si](OCC)(OCC)c1ccccc1)(c1ccccc1)c1ccccc1)c1ccccc1. The Morgan fingerprint density at radius 2 is 0.610 bits per heavy atom. The fraction of sp³-hybridized carbons (Fsp3) is 0.250. The van der Waals surface area contributed by atoms with E-state index >= 15 is 0 Å². The Morgan fingerprint density at radius 3 is 0.854 bits per heavy atom. The van der Waals surface area contributed by atoms with E-state index in [-0.39, 0.29) is 0 Å². The van der Waals surface area contributed by atoms with E-state index in [0.29, 0.717) is 26.4 Å². The van der Waals surface area contributed by atoms with Crippen LogP contribution >= 0.6 is 0 Å². The molecule has 4 aromatic rings. The van der Waals surface area contributed by atoms with Gasteiger partial charge in [0.25, 0.3) is 0 Å². The molecule has 0 radical (unpaired) electrons. The summed E-state index contributed by atoms with van der Waals surface area (Å²) in [7, 11) is -10.9. The Kier molecular flexibility index (Phi) is 11.4. The molecule has 9 heteroatoms. The lowest BCUT2D eigenvalue weighted by molar-refractivity contribution is 0.0993. The summed E-state index contributed by atoms with van der Waals surface area (Å²) in [5.41, 5.74) is 0. The van der Waals surface area contributed by atoms with Crippen molar-refractivity contribution < 1.29 is 25.9 Å². The van der Waals surface area contributed by atoms with Crippen molar-refractivity contribution in [2.45, 2.75) is 27.7 Å². The van der Waals surface area contributed by atoms with Crippen LogP contribution in [0.4, 0.5) is 0 Å². The summed E-state index contributed by atoms with van der Waals surface area (Å²) in [6, 6.07) is 40.2. The van der Waals surface area contributed by atoms with Gasteiger partial charge < -0.3 is 25.9 Å². The standard InChI is InChI=1S/C32H40O6Si3/c1-5-33-40(34-6-2,31-25-17-11-18-26-31)37-39(29-21-13-9-14-22-29,30-23-15-10-16-24-30)38-41(35-7-3,36-8-4)32-27-19-12-20-28-32/h9-28H,5-8H2,1-4H3. The second kappa shape index (κ2) is 15.0. The summed E-state index contributed by atoms with van der Waals surface area (Å²) in [6.45, 7) is 9.50. The smallest absolute Gasteiger partial charge is 0.383 e. The Hall–Kier alpha value is -2.71. The first-order valence-electron chi connectivity index (χ1n) is 14.3. The molecule has 0 aromatic heterocycles. The molecule has 0 atom stereocenters. The predicted molar refractivity (Wildman–Crippen MR) is 170 cm³/mol. The summed E-state index contributed by atoms with van der Waals surface area (Å²) in [5, 5.41) is 3.56. The molecule has 0 bridgehead atoms. The number of hydrogen-bond acceptors (Lipinski definition) is 6. The van der Waals surface area contributed by atoms with Crippen molar-refractivity contribution in [1.29, 1.82) is 0 Å². The molecule has 0 unspecified atom stereocenters. The van der Waals surface area contributed by atoms with E-state index < -0.39 is 26.2 Å². The molecule has 0 aliphatic heterocycles. The lowest BCUT2D eigenvalue weighted by atomic mass is 10.4. The second-order valence-corrected chi connectivity index (χ2v) is 17.7. The van der Waals surface area contributed by atoms with Crippen LogP contribution < -0.4 is 20.7 Å². The minimum Gasteiger partial charge on any atom is -0.383 e. The molecule has 41 heavy (non-hydrogen) atoms. The number of benzene rings is 4. The molecule has 0 fully saturated rings. The van der Waals surface area contributed by atoms with Crippen LogP contribution in [0.15, 0.2) is 121 Å². The lowest BCUT2D eigenvalue weighted by Gasteiger charge is -2.43. The normalized spacial score (nSPS) is 12.4. The first-order chi connectivity index (χ1) is 20.1. The Balaban J connectivity index is 2.06. The summed E-state index contributed by atoms with van der Waals surface area (Å²) in [4.78, 5) is 0. The van der Waals surface area contributed by atoms with Gasteiger partial charge in [0.1, 0.15) is 0 Å². The number of rotatable bonds is 16. The third-order valence-corrected chi connectivity index (χ3v) is 17.8. The predicted octanol–water partition coefficient (Wildman–Crippen LogP) is 4.11. The van der Waals surface area contributed by atoms with Crippen LogP contribution in [-0.2, 0) is 25.9 Å². The van der Waals surface area contributed by atoms with Gasteiger partial charge in [0.2, 0.25) is 0 Å². The number of hydrogen-bond donors (Lipinski definition) is 0. The van der Waals surface area contributed by atoms with Crippen molar-refractivity contribution in [2.75, 3.05) is 26.4 Å². The van der Waals surface area contributed by atoms with Crippen LogP contribution in [0.3, 0.4) is 0 Å². The van der Waals surface area contributed by atoms with Gasteiger partial charge in [-0.25, -0.2) is 0 Å². The topological polar surface area (TPSA) is 55.4 Å². The molecular formula is C32H40O6Si3. The van der Waals surface area contributed by atoms with Gasteiger partial charge >= 0.3 is 26.2 Å². The molecule has 6 nitrogen and oxygen atoms in total. The maximum atomic E-state index is 7.52. The van der Waals surface area contributed by atoms with Crippen molar-refractivity contribution in [1.82, 2.24) is 0 Å². The molecule has 0 aliphatic carbocycles. The molecule has 4 rings (SSSR count). The van der Waals surface area contributed by atoms with Crippen LogP contribution in [0.1, 0.15) is 27.7 Å². The van der Waals surface area contributed by atoms with Gasteiger partial charge in [0, 0.05) is 36.8 Å². The highest BCUT2D eigenvalue weighted by atomic mass is 28.5. The highest BCUT2D eigenvalue weighted by molar-refractivity contribution is 7.03. The highest BCUT2D eigenvalue weighted by Crippen LogP contribution is 2.25. The van der Waals surface area contributed by atoms with Gasteiger partial charge in [-0.15, -0.1) is 0 Å². The largest absolute Gasteiger partial charge is 0.528 e. The van der Waals surface area contributed by atoms with Crippen molar-refractivity contribution in [2.24, 2.45) is 0 Å². The average Bonchev–Trinajstić information content (AvgIpc) is 3.03. The zero-order valence-corrected chi connectivity index (χ0v) is 27.3. The summed E-state index contributed by atoms with van der Waals surface area (Å²) in [6.07, 6.45) is 0. The molecule has 0 spiro atoms. The van der Waals surface area contributed by atoms with E-state index in [4.69, 9.17) is 25.9 Å². The summed E-state index contributed by atoms with van der Waals surface area (Å²) < 4.78 is 41.4. The molecule has 216 valence electrons. The van der Waals surface area contributed by atoms with Crippen molar-refractivity contribution >= 4 is 46.9 Å². The van der Waals surface area contributed by atoms with Gasteiger partial charge in [-0.05, 0) is 38.1 Å². The zero-order valence-electron chi connectivity index (χ0n) is 24.3. The third kappa shape index (κ3) is 7.03. The van der Waals surface area contributed by atoms with Crippen LogP contribution in [0.25, 0.3) is 0 Å². The monoisotopic (exact) mass is 604 g/mol.